The molecule has 0 bridgehead atoms. The van der Waals surface area contributed by atoms with Gasteiger partial charge in [0.25, 0.3) is 0 Å². The van der Waals surface area contributed by atoms with Crippen molar-refractivity contribution in [3.8, 4) is 0 Å². The van der Waals surface area contributed by atoms with Crippen LogP contribution in [-0.4, -0.2) is 18.5 Å². The Morgan fingerprint density at radius 1 is 1.35 bits per heavy atom. The van der Waals surface area contributed by atoms with E-state index in [0.717, 1.165) is 19.4 Å². The lowest BCUT2D eigenvalue weighted by atomic mass is 9.65. The fourth-order valence-corrected chi connectivity index (χ4v) is 2.85. The molecule has 20 heavy (non-hydrogen) atoms. The van der Waals surface area contributed by atoms with Gasteiger partial charge in [-0.05, 0) is 43.6 Å². The van der Waals surface area contributed by atoms with Crippen LogP contribution in [0.5, 0.6) is 0 Å². The Balaban J connectivity index is 1.81. The topological polar surface area (TPSA) is 55.1 Å². The molecule has 3 N–H and O–H groups in total. The lowest BCUT2D eigenvalue weighted by Gasteiger charge is -2.42. The molecular formula is C17H26N2O. The molecule has 0 radical (unpaired) electrons. The van der Waals surface area contributed by atoms with Crippen LogP contribution in [0, 0.1) is 5.41 Å². The smallest absolute Gasteiger partial charge is 0.220 e. The van der Waals surface area contributed by atoms with Gasteiger partial charge in [-0.1, -0.05) is 36.8 Å². The minimum atomic E-state index is 0.0998. The third kappa shape index (κ3) is 4.34. The predicted molar refractivity (Wildman–Crippen MR) is 82.3 cm³/mol. The maximum atomic E-state index is 11.8. The fourth-order valence-electron chi connectivity index (χ4n) is 2.85. The normalized spacial score (nSPS) is 18.1. The third-order valence-corrected chi connectivity index (χ3v) is 4.32. The molecule has 1 saturated carbocycles. The van der Waals surface area contributed by atoms with Crippen molar-refractivity contribution in [2.24, 2.45) is 11.1 Å². The average Bonchev–Trinajstić information content (AvgIpc) is 2.40. The first-order valence-corrected chi connectivity index (χ1v) is 7.66. The molecule has 1 fully saturated rings. The predicted octanol–water partition coefficient (Wildman–Crippen LogP) is 2.64. The molecule has 1 unspecified atom stereocenters. The molecule has 1 aromatic carbocycles. The van der Waals surface area contributed by atoms with Gasteiger partial charge in [0, 0.05) is 19.0 Å². The van der Waals surface area contributed by atoms with Gasteiger partial charge >= 0.3 is 0 Å². The van der Waals surface area contributed by atoms with E-state index < -0.39 is 0 Å². The first kappa shape index (κ1) is 15.0. The molecule has 2 rings (SSSR count). The van der Waals surface area contributed by atoms with E-state index in [0.29, 0.717) is 6.42 Å². The Kier molecular flexibility index (Phi) is 5.18. The zero-order chi connectivity index (χ0) is 14.4. The summed E-state index contributed by atoms with van der Waals surface area (Å²) >= 11 is 0. The van der Waals surface area contributed by atoms with Crippen LogP contribution in [-0.2, 0) is 11.2 Å². The Hall–Kier alpha value is -1.35. The number of benzene rings is 1. The van der Waals surface area contributed by atoms with E-state index in [1.807, 2.05) is 13.0 Å². The monoisotopic (exact) mass is 274 g/mol. The number of hydrogen-bond donors (Lipinski definition) is 2. The number of carbonyl (C=O) groups is 1. The molecule has 0 saturated heterocycles. The van der Waals surface area contributed by atoms with E-state index >= 15 is 0 Å². The molecule has 0 heterocycles. The lowest BCUT2D eigenvalue weighted by molar-refractivity contribution is -0.122. The van der Waals surface area contributed by atoms with Crippen LogP contribution in [0.3, 0.4) is 0 Å². The van der Waals surface area contributed by atoms with Crippen molar-refractivity contribution in [2.45, 2.75) is 51.5 Å². The summed E-state index contributed by atoms with van der Waals surface area (Å²) in [5.74, 6) is 0.140. The number of hydrogen-bond acceptors (Lipinski definition) is 2. The van der Waals surface area contributed by atoms with Gasteiger partial charge in [-0.2, -0.15) is 0 Å². The number of nitrogens with two attached hydrogens (primary N) is 1. The summed E-state index contributed by atoms with van der Waals surface area (Å²) in [7, 11) is 0. The van der Waals surface area contributed by atoms with E-state index in [4.69, 9.17) is 5.73 Å². The van der Waals surface area contributed by atoms with Crippen molar-refractivity contribution in [2.75, 3.05) is 6.54 Å². The molecule has 1 aromatic rings. The quantitative estimate of drug-likeness (QED) is 0.803. The third-order valence-electron chi connectivity index (χ3n) is 4.32. The molecule has 1 aliphatic rings. The van der Waals surface area contributed by atoms with Gasteiger partial charge in [-0.15, -0.1) is 0 Å². The van der Waals surface area contributed by atoms with Crippen molar-refractivity contribution in [3.63, 3.8) is 0 Å². The van der Waals surface area contributed by atoms with Gasteiger partial charge in [-0.3, -0.25) is 4.79 Å². The second-order valence-corrected chi connectivity index (χ2v) is 6.31. The summed E-state index contributed by atoms with van der Waals surface area (Å²) in [5.41, 5.74) is 7.34. The first-order valence-electron chi connectivity index (χ1n) is 7.66. The van der Waals surface area contributed by atoms with Crippen molar-refractivity contribution < 1.29 is 4.79 Å². The summed E-state index contributed by atoms with van der Waals surface area (Å²) < 4.78 is 0. The second-order valence-electron chi connectivity index (χ2n) is 6.31. The molecule has 1 amide bonds. The van der Waals surface area contributed by atoms with Gasteiger partial charge in [0.15, 0.2) is 0 Å². The summed E-state index contributed by atoms with van der Waals surface area (Å²) in [4.78, 5) is 11.8. The van der Waals surface area contributed by atoms with Crippen LogP contribution in [0.15, 0.2) is 30.3 Å². The fraction of sp³-hybridized carbons (Fsp3) is 0.588. The molecular weight excluding hydrogens is 248 g/mol. The maximum absolute atomic E-state index is 11.8. The summed E-state index contributed by atoms with van der Waals surface area (Å²) in [6.45, 7) is 2.75. The molecule has 110 valence electrons. The highest BCUT2D eigenvalue weighted by Gasteiger charge is 2.37. The Labute approximate surface area is 121 Å². The van der Waals surface area contributed by atoms with E-state index in [1.54, 1.807) is 0 Å². The van der Waals surface area contributed by atoms with Crippen LogP contribution in [0.1, 0.15) is 44.6 Å². The lowest BCUT2D eigenvalue weighted by Crippen LogP contribution is -2.43. The first-order chi connectivity index (χ1) is 9.60. The minimum absolute atomic E-state index is 0.0998. The standard InChI is InChI=1S/C17H26N2O/c1-14(18)8-9-16(20)19-13-17(10-5-11-17)12-15-6-3-2-4-7-15/h2-4,6-7,14H,5,8-13,18H2,1H3,(H,19,20). The zero-order valence-corrected chi connectivity index (χ0v) is 12.4. The number of amides is 1. The molecule has 1 aliphatic carbocycles. The number of nitrogens with one attached hydrogen (secondary N) is 1. The van der Waals surface area contributed by atoms with Crippen LogP contribution < -0.4 is 11.1 Å². The van der Waals surface area contributed by atoms with Crippen molar-refractivity contribution in [1.29, 1.82) is 0 Å². The molecule has 3 heteroatoms. The molecule has 0 aromatic heterocycles. The molecule has 3 nitrogen and oxygen atoms in total. The van der Waals surface area contributed by atoms with Gasteiger partial charge in [-0.25, -0.2) is 0 Å². The van der Waals surface area contributed by atoms with Gasteiger partial charge in [0.2, 0.25) is 5.91 Å². The summed E-state index contributed by atoms with van der Waals surface area (Å²) in [6.07, 6.45) is 6.09. The van der Waals surface area contributed by atoms with Crippen molar-refractivity contribution >= 4 is 5.91 Å². The average molecular weight is 274 g/mol. The van der Waals surface area contributed by atoms with Gasteiger partial charge < -0.3 is 11.1 Å². The van der Waals surface area contributed by atoms with Crippen LogP contribution >= 0.6 is 0 Å². The highest BCUT2D eigenvalue weighted by molar-refractivity contribution is 5.75. The molecule has 0 aliphatic heterocycles. The van der Waals surface area contributed by atoms with E-state index in [2.05, 4.69) is 29.6 Å². The van der Waals surface area contributed by atoms with Crippen LogP contribution in [0.4, 0.5) is 0 Å². The van der Waals surface area contributed by atoms with Crippen LogP contribution in [0.25, 0.3) is 0 Å². The Bertz CT molecular complexity index is 424. The van der Waals surface area contributed by atoms with Gasteiger partial charge in [0.1, 0.15) is 0 Å². The van der Waals surface area contributed by atoms with Gasteiger partial charge in [0.05, 0.1) is 0 Å². The van der Waals surface area contributed by atoms with E-state index in [-0.39, 0.29) is 17.4 Å². The number of carbonyl (C=O) groups excluding carboxylic acids is 1. The maximum Gasteiger partial charge on any atom is 0.220 e. The summed E-state index contributed by atoms with van der Waals surface area (Å²) in [6, 6.07) is 10.7. The largest absolute Gasteiger partial charge is 0.356 e. The highest BCUT2D eigenvalue weighted by Crippen LogP contribution is 2.43. The summed E-state index contributed by atoms with van der Waals surface area (Å²) in [5, 5.41) is 3.11. The van der Waals surface area contributed by atoms with Crippen molar-refractivity contribution in [3.05, 3.63) is 35.9 Å². The molecule has 1 atom stereocenters. The van der Waals surface area contributed by atoms with E-state index in [9.17, 15) is 4.79 Å². The van der Waals surface area contributed by atoms with Crippen molar-refractivity contribution in [1.82, 2.24) is 5.32 Å². The highest BCUT2D eigenvalue weighted by atomic mass is 16.1. The Morgan fingerprint density at radius 3 is 2.60 bits per heavy atom. The van der Waals surface area contributed by atoms with E-state index in [1.165, 1.54) is 24.8 Å². The molecule has 0 spiro atoms. The minimum Gasteiger partial charge on any atom is -0.356 e. The second kappa shape index (κ2) is 6.89. The Morgan fingerprint density at radius 2 is 2.05 bits per heavy atom. The SMILES string of the molecule is CC(N)CCC(=O)NCC1(Cc2ccccc2)CCC1. The zero-order valence-electron chi connectivity index (χ0n) is 12.4. The van der Waals surface area contributed by atoms with Crippen LogP contribution in [0.2, 0.25) is 0 Å². The number of rotatable bonds is 7.